The Balaban J connectivity index is 2.02. The maximum absolute atomic E-state index is 5.97. The van der Waals surface area contributed by atoms with Crippen LogP contribution in [0, 0.1) is 0 Å². The first-order chi connectivity index (χ1) is 5.27. The van der Waals surface area contributed by atoms with Gasteiger partial charge in [-0.25, -0.2) is 0 Å². The van der Waals surface area contributed by atoms with Crippen molar-refractivity contribution >= 4 is 11.8 Å². The highest BCUT2D eigenvalue weighted by Crippen LogP contribution is 2.40. The molecule has 0 aromatic rings. The van der Waals surface area contributed by atoms with E-state index in [1.165, 1.54) is 25.7 Å². The smallest absolute Gasteiger partial charge is 0.0202 e. The van der Waals surface area contributed by atoms with E-state index >= 15 is 0 Å². The molecule has 11 heavy (non-hydrogen) atoms. The third-order valence-corrected chi connectivity index (χ3v) is 4.74. The third-order valence-electron chi connectivity index (χ3n) is 2.87. The molecule has 2 bridgehead atoms. The van der Waals surface area contributed by atoms with Crippen molar-refractivity contribution in [1.82, 2.24) is 0 Å². The molecule has 2 aliphatic rings. The highest BCUT2D eigenvalue weighted by Gasteiger charge is 2.35. The summed E-state index contributed by atoms with van der Waals surface area (Å²) in [6, 6.07) is 0.896. The number of nitrogens with two attached hydrogens (primary N) is 2. The van der Waals surface area contributed by atoms with Gasteiger partial charge in [-0.05, 0) is 25.7 Å². The second kappa shape index (κ2) is 2.96. The zero-order valence-corrected chi connectivity index (χ0v) is 7.52. The van der Waals surface area contributed by atoms with Gasteiger partial charge in [-0.15, -0.1) is 0 Å². The van der Waals surface area contributed by atoms with Crippen LogP contribution in [0.4, 0.5) is 0 Å². The van der Waals surface area contributed by atoms with Crippen LogP contribution >= 0.6 is 11.8 Å². The van der Waals surface area contributed by atoms with E-state index < -0.39 is 0 Å². The van der Waals surface area contributed by atoms with Crippen LogP contribution in [-0.4, -0.2) is 22.6 Å². The lowest BCUT2D eigenvalue weighted by Crippen LogP contribution is -2.48. The lowest BCUT2D eigenvalue weighted by Gasteiger charge is -2.41. The molecule has 2 fully saturated rings. The van der Waals surface area contributed by atoms with Crippen molar-refractivity contribution in [2.45, 2.75) is 48.3 Å². The van der Waals surface area contributed by atoms with Gasteiger partial charge >= 0.3 is 0 Å². The topological polar surface area (TPSA) is 52.0 Å². The van der Waals surface area contributed by atoms with Gasteiger partial charge < -0.3 is 11.5 Å². The van der Waals surface area contributed by atoms with Crippen LogP contribution in [-0.2, 0) is 0 Å². The van der Waals surface area contributed by atoms with Gasteiger partial charge in [0.2, 0.25) is 0 Å². The van der Waals surface area contributed by atoms with Crippen molar-refractivity contribution in [3.05, 3.63) is 0 Å². The minimum absolute atomic E-state index is 0.448. The van der Waals surface area contributed by atoms with Crippen molar-refractivity contribution in [2.75, 3.05) is 0 Å². The zero-order chi connectivity index (χ0) is 7.84. The predicted molar refractivity (Wildman–Crippen MR) is 49.6 cm³/mol. The van der Waals surface area contributed by atoms with Crippen LogP contribution in [0.25, 0.3) is 0 Å². The fourth-order valence-electron chi connectivity index (χ4n) is 2.08. The summed E-state index contributed by atoms with van der Waals surface area (Å²) in [6.07, 6.45) is 4.86. The van der Waals surface area contributed by atoms with E-state index in [1.807, 2.05) is 11.8 Å². The van der Waals surface area contributed by atoms with E-state index in [9.17, 15) is 0 Å². The van der Waals surface area contributed by atoms with Crippen molar-refractivity contribution in [3.8, 4) is 0 Å². The van der Waals surface area contributed by atoms with Crippen molar-refractivity contribution in [1.29, 1.82) is 0 Å². The quantitative estimate of drug-likeness (QED) is 0.565. The summed E-state index contributed by atoms with van der Waals surface area (Å²) in [7, 11) is 0. The summed E-state index contributed by atoms with van der Waals surface area (Å²) in [5, 5.41) is 1.43. The summed E-state index contributed by atoms with van der Waals surface area (Å²) in [5.74, 6) is 0. The zero-order valence-electron chi connectivity index (χ0n) is 6.70. The number of thioether (sulfide) groups is 1. The summed E-state index contributed by atoms with van der Waals surface area (Å²) in [4.78, 5) is 0. The highest BCUT2D eigenvalue weighted by molar-refractivity contribution is 8.00. The Bertz CT molecular complexity index is 135. The Morgan fingerprint density at radius 2 is 1.27 bits per heavy atom. The van der Waals surface area contributed by atoms with Crippen molar-refractivity contribution in [2.24, 2.45) is 11.5 Å². The normalized spacial score (nSPS) is 50.7. The van der Waals surface area contributed by atoms with E-state index in [-0.39, 0.29) is 0 Å². The monoisotopic (exact) mass is 172 g/mol. The molecule has 2 saturated heterocycles. The molecule has 0 amide bonds. The van der Waals surface area contributed by atoms with Gasteiger partial charge in [-0.1, -0.05) is 0 Å². The van der Waals surface area contributed by atoms with Crippen molar-refractivity contribution in [3.63, 3.8) is 0 Å². The van der Waals surface area contributed by atoms with Crippen LogP contribution < -0.4 is 11.5 Å². The minimum Gasteiger partial charge on any atom is -0.327 e. The number of hydrogen-bond acceptors (Lipinski definition) is 3. The molecule has 2 aliphatic heterocycles. The van der Waals surface area contributed by atoms with Gasteiger partial charge in [0.15, 0.2) is 0 Å². The molecular weight excluding hydrogens is 156 g/mol. The summed E-state index contributed by atoms with van der Waals surface area (Å²) in [6.45, 7) is 0. The largest absolute Gasteiger partial charge is 0.327 e. The molecule has 0 spiro atoms. The first kappa shape index (κ1) is 7.90. The molecule has 0 aromatic carbocycles. The van der Waals surface area contributed by atoms with Gasteiger partial charge in [0.25, 0.3) is 0 Å². The highest BCUT2D eigenvalue weighted by atomic mass is 32.2. The van der Waals surface area contributed by atoms with Crippen LogP contribution in [0.2, 0.25) is 0 Å². The molecule has 2 rings (SSSR count). The fraction of sp³-hybridized carbons (Fsp3) is 1.00. The van der Waals surface area contributed by atoms with Gasteiger partial charge in [0.05, 0.1) is 0 Å². The molecule has 2 heterocycles. The maximum atomic E-state index is 5.97. The summed E-state index contributed by atoms with van der Waals surface area (Å²) < 4.78 is 0. The molecule has 0 saturated carbocycles. The van der Waals surface area contributed by atoms with E-state index in [0.29, 0.717) is 22.6 Å². The van der Waals surface area contributed by atoms with E-state index in [4.69, 9.17) is 11.5 Å². The van der Waals surface area contributed by atoms with Crippen molar-refractivity contribution < 1.29 is 0 Å². The predicted octanol–water partition coefficient (Wildman–Crippen LogP) is 0.699. The van der Waals surface area contributed by atoms with Gasteiger partial charge in [-0.2, -0.15) is 11.8 Å². The Labute approximate surface area is 72.1 Å². The summed E-state index contributed by atoms with van der Waals surface area (Å²) in [5.41, 5.74) is 11.9. The molecular formula is C8H16N2S. The molecule has 0 aliphatic carbocycles. The second-order valence-corrected chi connectivity index (χ2v) is 5.18. The second-order valence-electron chi connectivity index (χ2n) is 3.70. The van der Waals surface area contributed by atoms with Gasteiger partial charge in [0.1, 0.15) is 0 Å². The average molecular weight is 172 g/mol. The maximum Gasteiger partial charge on any atom is 0.0202 e. The Hall–Kier alpha value is 0.270. The molecule has 2 nitrogen and oxygen atoms in total. The molecule has 64 valence electrons. The van der Waals surface area contributed by atoms with Crippen LogP contribution in [0.1, 0.15) is 25.7 Å². The number of rotatable bonds is 0. The lowest BCUT2D eigenvalue weighted by atomic mass is 9.92. The van der Waals surface area contributed by atoms with Crippen LogP contribution in [0.3, 0.4) is 0 Å². The molecule has 4 unspecified atom stereocenters. The Kier molecular flexibility index (Phi) is 2.12. The van der Waals surface area contributed by atoms with E-state index in [2.05, 4.69) is 0 Å². The molecule has 4 N–H and O–H groups in total. The molecule has 3 heteroatoms. The first-order valence-electron chi connectivity index (χ1n) is 4.44. The summed E-state index contributed by atoms with van der Waals surface area (Å²) >= 11 is 2.04. The van der Waals surface area contributed by atoms with Gasteiger partial charge in [-0.3, -0.25) is 0 Å². The Morgan fingerprint density at radius 3 is 1.73 bits per heavy atom. The van der Waals surface area contributed by atoms with E-state index in [1.54, 1.807) is 0 Å². The average Bonchev–Trinajstić information content (AvgIpc) is 2.02. The SMILES string of the molecule is NC1CCC2SC1CCC2N. The standard InChI is InChI=1S/C8H16N2S/c9-5-1-3-7-6(10)2-4-8(5)11-7/h5-8H,1-4,9-10H2. The minimum atomic E-state index is 0.448. The molecule has 0 radical (unpaired) electrons. The van der Waals surface area contributed by atoms with Crippen LogP contribution in [0.15, 0.2) is 0 Å². The third kappa shape index (κ3) is 1.42. The van der Waals surface area contributed by atoms with Crippen LogP contribution in [0.5, 0.6) is 0 Å². The molecule has 0 aromatic heterocycles. The number of hydrogen-bond donors (Lipinski definition) is 2. The van der Waals surface area contributed by atoms with E-state index in [0.717, 1.165) is 0 Å². The lowest BCUT2D eigenvalue weighted by molar-refractivity contribution is 0.406. The fourth-order valence-corrected chi connectivity index (χ4v) is 3.74. The van der Waals surface area contributed by atoms with Gasteiger partial charge in [0, 0.05) is 22.6 Å². The molecule has 4 atom stereocenters. The Morgan fingerprint density at radius 1 is 0.818 bits per heavy atom. The number of fused-ring (bicyclic) bond motifs is 2. The first-order valence-corrected chi connectivity index (χ1v) is 5.38.